The van der Waals surface area contributed by atoms with Crippen molar-refractivity contribution >= 4 is 10.0 Å². The zero-order chi connectivity index (χ0) is 16.0. The maximum atomic E-state index is 12.6. The molecule has 0 aliphatic heterocycles. The van der Waals surface area contributed by atoms with Crippen LogP contribution in [-0.4, -0.2) is 25.4 Å². The molecular weight excluding hydrogens is 298 g/mol. The second-order valence-electron chi connectivity index (χ2n) is 7.43. The highest BCUT2D eigenvalue weighted by molar-refractivity contribution is 7.89. The average molecular weight is 323 g/mol. The number of sulfonamides is 1. The number of benzene rings is 1. The van der Waals surface area contributed by atoms with E-state index in [1.807, 2.05) is 30.3 Å². The van der Waals surface area contributed by atoms with Crippen molar-refractivity contribution in [2.75, 3.05) is 5.75 Å². The number of fused-ring (bicyclic) bond motifs is 2. The number of hydrogen-bond acceptors (Lipinski definition) is 3. The van der Waals surface area contributed by atoms with E-state index < -0.39 is 21.5 Å². The minimum absolute atomic E-state index is 0.0253. The Hall–Kier alpha value is -0.910. The summed E-state index contributed by atoms with van der Waals surface area (Å²) in [5, 5.41) is 10.5. The molecule has 122 valence electrons. The van der Waals surface area contributed by atoms with Crippen molar-refractivity contribution < 1.29 is 13.5 Å². The molecule has 2 aliphatic carbocycles. The molecule has 3 unspecified atom stereocenters. The van der Waals surface area contributed by atoms with E-state index >= 15 is 0 Å². The van der Waals surface area contributed by atoms with Gasteiger partial charge in [0.05, 0.1) is 11.9 Å². The Kier molecular flexibility index (Phi) is 3.86. The van der Waals surface area contributed by atoms with Gasteiger partial charge in [0.1, 0.15) is 0 Å². The molecule has 4 nitrogen and oxygen atoms in total. The summed E-state index contributed by atoms with van der Waals surface area (Å²) in [6.07, 6.45) is 2.06. The minimum Gasteiger partial charge on any atom is -0.392 e. The van der Waals surface area contributed by atoms with E-state index in [-0.39, 0.29) is 11.2 Å². The first-order valence-corrected chi connectivity index (χ1v) is 9.61. The lowest BCUT2D eigenvalue weighted by Crippen LogP contribution is -2.47. The Morgan fingerprint density at radius 1 is 1.27 bits per heavy atom. The van der Waals surface area contributed by atoms with Gasteiger partial charge >= 0.3 is 0 Å². The van der Waals surface area contributed by atoms with Crippen LogP contribution < -0.4 is 4.72 Å². The summed E-state index contributed by atoms with van der Waals surface area (Å²) in [6, 6.07) is 9.51. The van der Waals surface area contributed by atoms with Crippen molar-refractivity contribution in [3.8, 4) is 0 Å². The molecule has 5 heteroatoms. The molecule has 1 aromatic rings. The SMILES string of the molecule is CC1(C)C2CCC1(CS(=O)(=O)NCc1ccccc1)C(O)C2. The second-order valence-corrected chi connectivity index (χ2v) is 9.24. The van der Waals surface area contributed by atoms with E-state index in [1.54, 1.807) is 0 Å². The molecule has 1 aromatic carbocycles. The van der Waals surface area contributed by atoms with Gasteiger partial charge in [0.2, 0.25) is 10.0 Å². The fourth-order valence-corrected chi connectivity index (χ4v) is 6.43. The third-order valence-electron chi connectivity index (χ3n) is 6.18. The predicted octanol–water partition coefficient (Wildman–Crippen LogP) is 2.29. The largest absolute Gasteiger partial charge is 0.392 e. The molecule has 0 spiro atoms. The van der Waals surface area contributed by atoms with E-state index in [9.17, 15) is 13.5 Å². The van der Waals surface area contributed by atoms with Gasteiger partial charge < -0.3 is 5.11 Å². The van der Waals surface area contributed by atoms with Gasteiger partial charge in [-0.3, -0.25) is 0 Å². The van der Waals surface area contributed by atoms with E-state index in [1.165, 1.54) is 0 Å². The van der Waals surface area contributed by atoms with Crippen molar-refractivity contribution in [2.24, 2.45) is 16.7 Å². The third kappa shape index (κ3) is 2.49. The van der Waals surface area contributed by atoms with Crippen LogP contribution in [0, 0.1) is 16.7 Å². The molecule has 2 bridgehead atoms. The van der Waals surface area contributed by atoms with Crippen LogP contribution in [0.5, 0.6) is 0 Å². The number of nitrogens with one attached hydrogen (secondary N) is 1. The number of rotatable bonds is 5. The quantitative estimate of drug-likeness (QED) is 0.874. The summed E-state index contributed by atoms with van der Waals surface area (Å²) in [5.74, 6) is 0.462. The van der Waals surface area contributed by atoms with E-state index in [0.29, 0.717) is 12.5 Å². The zero-order valence-corrected chi connectivity index (χ0v) is 14.1. The highest BCUT2D eigenvalue weighted by Crippen LogP contribution is 2.65. The molecule has 0 amide bonds. The molecule has 2 N–H and O–H groups in total. The fourth-order valence-electron chi connectivity index (χ4n) is 4.56. The maximum absolute atomic E-state index is 12.6. The molecule has 2 aliphatic rings. The summed E-state index contributed by atoms with van der Waals surface area (Å²) < 4.78 is 27.8. The normalized spacial score (nSPS) is 33.2. The van der Waals surface area contributed by atoms with Crippen molar-refractivity contribution in [2.45, 2.75) is 45.8 Å². The molecule has 3 rings (SSSR count). The van der Waals surface area contributed by atoms with Gasteiger partial charge in [0.15, 0.2) is 0 Å². The Balaban J connectivity index is 1.74. The van der Waals surface area contributed by atoms with E-state index in [2.05, 4.69) is 18.6 Å². The zero-order valence-electron chi connectivity index (χ0n) is 13.2. The first kappa shape index (κ1) is 16.0. The topological polar surface area (TPSA) is 66.4 Å². The molecule has 3 atom stereocenters. The molecule has 22 heavy (non-hydrogen) atoms. The second kappa shape index (κ2) is 5.32. The fraction of sp³-hybridized carbons (Fsp3) is 0.647. The monoisotopic (exact) mass is 323 g/mol. The van der Waals surface area contributed by atoms with Crippen LogP contribution in [0.25, 0.3) is 0 Å². The molecule has 2 fully saturated rings. The predicted molar refractivity (Wildman–Crippen MR) is 86.6 cm³/mol. The lowest BCUT2D eigenvalue weighted by Gasteiger charge is -2.40. The molecular formula is C17H25NO3S. The van der Waals surface area contributed by atoms with Gasteiger partial charge in [-0.1, -0.05) is 44.2 Å². The van der Waals surface area contributed by atoms with Crippen LogP contribution in [-0.2, 0) is 16.6 Å². The Labute approximate surface area is 133 Å². The van der Waals surface area contributed by atoms with Gasteiger partial charge in [-0.25, -0.2) is 13.1 Å². The summed E-state index contributed by atoms with van der Waals surface area (Å²) in [4.78, 5) is 0. The first-order valence-electron chi connectivity index (χ1n) is 7.96. The lowest BCUT2D eigenvalue weighted by molar-refractivity contribution is 0.0152. The van der Waals surface area contributed by atoms with Crippen LogP contribution >= 0.6 is 0 Å². The van der Waals surface area contributed by atoms with Crippen molar-refractivity contribution in [1.29, 1.82) is 0 Å². The number of aliphatic hydroxyl groups is 1. The Morgan fingerprint density at radius 3 is 2.50 bits per heavy atom. The number of hydrogen-bond donors (Lipinski definition) is 2. The average Bonchev–Trinajstić information content (AvgIpc) is 2.80. The maximum Gasteiger partial charge on any atom is 0.212 e. The van der Waals surface area contributed by atoms with Crippen molar-refractivity contribution in [3.63, 3.8) is 0 Å². The molecule has 0 heterocycles. The molecule has 0 aromatic heterocycles. The van der Waals surface area contributed by atoms with Crippen LogP contribution in [0.2, 0.25) is 0 Å². The Morgan fingerprint density at radius 2 is 1.95 bits per heavy atom. The van der Waals surface area contributed by atoms with Crippen LogP contribution in [0.1, 0.15) is 38.7 Å². The van der Waals surface area contributed by atoms with Gasteiger partial charge in [-0.15, -0.1) is 0 Å². The Bertz CT molecular complexity index is 641. The minimum atomic E-state index is -3.42. The molecule has 0 radical (unpaired) electrons. The summed E-state index contributed by atoms with van der Waals surface area (Å²) in [5.41, 5.74) is 0.327. The molecule has 0 saturated heterocycles. The van der Waals surface area contributed by atoms with Crippen LogP contribution in [0.3, 0.4) is 0 Å². The smallest absolute Gasteiger partial charge is 0.212 e. The van der Waals surface area contributed by atoms with E-state index in [0.717, 1.165) is 24.8 Å². The summed E-state index contributed by atoms with van der Waals surface area (Å²) in [7, 11) is -3.42. The van der Waals surface area contributed by atoms with Crippen LogP contribution in [0.15, 0.2) is 30.3 Å². The van der Waals surface area contributed by atoms with Gasteiger partial charge in [0, 0.05) is 12.0 Å². The van der Waals surface area contributed by atoms with Crippen molar-refractivity contribution in [1.82, 2.24) is 4.72 Å². The van der Waals surface area contributed by atoms with Gasteiger partial charge in [-0.05, 0) is 36.2 Å². The third-order valence-corrected chi connectivity index (χ3v) is 7.65. The molecule has 2 saturated carbocycles. The lowest BCUT2D eigenvalue weighted by atomic mass is 9.70. The summed E-state index contributed by atoms with van der Waals surface area (Å²) >= 11 is 0. The summed E-state index contributed by atoms with van der Waals surface area (Å²) in [6.45, 7) is 4.54. The van der Waals surface area contributed by atoms with Crippen LogP contribution in [0.4, 0.5) is 0 Å². The first-order chi connectivity index (χ1) is 10.3. The highest BCUT2D eigenvalue weighted by atomic mass is 32.2. The van der Waals surface area contributed by atoms with Crippen molar-refractivity contribution in [3.05, 3.63) is 35.9 Å². The number of aliphatic hydroxyl groups excluding tert-OH is 1. The highest BCUT2D eigenvalue weighted by Gasteiger charge is 2.64. The van der Waals surface area contributed by atoms with Gasteiger partial charge in [-0.2, -0.15) is 0 Å². The van der Waals surface area contributed by atoms with E-state index in [4.69, 9.17) is 0 Å². The standard InChI is InChI=1S/C17H25NO3S/c1-16(2)14-8-9-17(16,15(19)10-14)12-22(20,21)18-11-13-6-4-3-5-7-13/h3-7,14-15,18-19H,8-12H2,1-2H3. The van der Waals surface area contributed by atoms with Gasteiger partial charge in [0.25, 0.3) is 0 Å².